The van der Waals surface area contributed by atoms with Gasteiger partial charge in [-0.25, -0.2) is 9.78 Å². The normalized spacial score (nSPS) is 24.8. The van der Waals surface area contributed by atoms with Crippen molar-refractivity contribution >= 4 is 37.8 Å². The fraction of sp³-hybridized carbons (Fsp3) is 0.375. The molecule has 0 N–H and O–H groups in total. The van der Waals surface area contributed by atoms with E-state index in [1.165, 1.54) is 0 Å². The molecule has 2 aromatic rings. The SMILES string of the molecule is CC(C)C1CC(c2ccc(Br)c(Br)c2)(n2ccnc2)C(=O)O1. The number of cyclic esters (lactones) is 1. The van der Waals surface area contributed by atoms with Crippen molar-refractivity contribution in [3.8, 4) is 0 Å². The Labute approximate surface area is 146 Å². The number of carbonyl (C=O) groups excluding carboxylic acids is 1. The molecule has 1 aromatic heterocycles. The molecule has 4 nitrogen and oxygen atoms in total. The monoisotopic (exact) mass is 426 g/mol. The maximum atomic E-state index is 12.8. The zero-order chi connectivity index (χ0) is 15.9. The number of rotatable bonds is 3. The van der Waals surface area contributed by atoms with Crippen molar-refractivity contribution in [2.45, 2.75) is 31.9 Å². The van der Waals surface area contributed by atoms with Gasteiger partial charge in [-0.3, -0.25) is 0 Å². The summed E-state index contributed by atoms with van der Waals surface area (Å²) in [5.41, 5.74) is 0.0444. The van der Waals surface area contributed by atoms with Crippen molar-refractivity contribution in [3.05, 3.63) is 51.4 Å². The molecule has 0 saturated carbocycles. The van der Waals surface area contributed by atoms with Crippen molar-refractivity contribution in [2.75, 3.05) is 0 Å². The van der Waals surface area contributed by atoms with E-state index in [0.717, 1.165) is 14.5 Å². The average Bonchev–Trinajstić information content (AvgIpc) is 3.10. The number of benzene rings is 1. The number of halogens is 2. The number of imidazole rings is 1. The van der Waals surface area contributed by atoms with Crippen LogP contribution in [0.3, 0.4) is 0 Å². The minimum atomic E-state index is -0.853. The summed E-state index contributed by atoms with van der Waals surface area (Å²) in [5.74, 6) is 0.0478. The average molecular weight is 428 g/mol. The third kappa shape index (κ3) is 2.42. The molecule has 1 aliphatic heterocycles. The van der Waals surface area contributed by atoms with Gasteiger partial charge in [0.1, 0.15) is 6.10 Å². The molecule has 2 heterocycles. The van der Waals surface area contributed by atoms with Crippen LogP contribution in [0.15, 0.2) is 45.9 Å². The topological polar surface area (TPSA) is 44.1 Å². The number of esters is 1. The van der Waals surface area contributed by atoms with Gasteiger partial charge in [-0.1, -0.05) is 19.9 Å². The molecule has 1 aromatic carbocycles. The highest BCUT2D eigenvalue weighted by molar-refractivity contribution is 9.13. The van der Waals surface area contributed by atoms with E-state index in [2.05, 4.69) is 50.7 Å². The van der Waals surface area contributed by atoms with Gasteiger partial charge in [0, 0.05) is 27.8 Å². The van der Waals surface area contributed by atoms with Crippen LogP contribution < -0.4 is 0 Å². The molecule has 1 saturated heterocycles. The predicted octanol–water partition coefficient (Wildman–Crippen LogP) is 4.12. The van der Waals surface area contributed by atoms with E-state index in [-0.39, 0.29) is 18.0 Å². The molecule has 0 radical (unpaired) electrons. The second-order valence-electron chi connectivity index (χ2n) is 5.85. The van der Waals surface area contributed by atoms with Crippen LogP contribution in [0.4, 0.5) is 0 Å². The molecule has 1 fully saturated rings. The van der Waals surface area contributed by atoms with Gasteiger partial charge in [0.15, 0.2) is 5.54 Å². The van der Waals surface area contributed by atoms with Crippen LogP contribution >= 0.6 is 31.9 Å². The van der Waals surface area contributed by atoms with E-state index in [9.17, 15) is 4.79 Å². The Hall–Kier alpha value is -1.14. The molecular weight excluding hydrogens is 412 g/mol. The first-order valence-corrected chi connectivity index (χ1v) is 8.69. The third-order valence-electron chi connectivity index (χ3n) is 4.18. The lowest BCUT2D eigenvalue weighted by Crippen LogP contribution is -2.39. The first-order valence-electron chi connectivity index (χ1n) is 7.10. The summed E-state index contributed by atoms with van der Waals surface area (Å²) in [5, 5.41) is 0. The van der Waals surface area contributed by atoms with Crippen LogP contribution in [0.1, 0.15) is 25.8 Å². The summed E-state index contributed by atoms with van der Waals surface area (Å²) in [6.45, 7) is 4.14. The van der Waals surface area contributed by atoms with Gasteiger partial charge in [0.05, 0.1) is 6.33 Å². The quantitative estimate of drug-likeness (QED) is 0.692. The molecule has 3 rings (SSSR count). The number of ether oxygens (including phenoxy) is 1. The molecule has 0 bridgehead atoms. The van der Waals surface area contributed by atoms with Gasteiger partial charge in [-0.15, -0.1) is 0 Å². The Morgan fingerprint density at radius 2 is 2.14 bits per heavy atom. The maximum absolute atomic E-state index is 12.8. The summed E-state index contributed by atoms with van der Waals surface area (Å²) < 4.78 is 9.38. The highest BCUT2D eigenvalue weighted by Crippen LogP contribution is 2.42. The van der Waals surface area contributed by atoms with Crippen molar-refractivity contribution in [2.24, 2.45) is 5.92 Å². The van der Waals surface area contributed by atoms with Crippen LogP contribution in [0.2, 0.25) is 0 Å². The highest BCUT2D eigenvalue weighted by atomic mass is 79.9. The molecule has 2 atom stereocenters. The van der Waals surface area contributed by atoms with Gasteiger partial charge < -0.3 is 9.30 Å². The van der Waals surface area contributed by atoms with E-state index >= 15 is 0 Å². The summed E-state index contributed by atoms with van der Waals surface area (Å²) in [7, 11) is 0. The summed E-state index contributed by atoms with van der Waals surface area (Å²) >= 11 is 6.99. The fourth-order valence-corrected chi connectivity index (χ4v) is 3.48. The second kappa shape index (κ2) is 5.81. The zero-order valence-corrected chi connectivity index (χ0v) is 15.5. The highest BCUT2D eigenvalue weighted by Gasteiger charge is 2.52. The Balaban J connectivity index is 2.16. The van der Waals surface area contributed by atoms with Crippen molar-refractivity contribution < 1.29 is 9.53 Å². The molecule has 6 heteroatoms. The Morgan fingerprint density at radius 3 is 2.68 bits per heavy atom. The van der Waals surface area contributed by atoms with Crippen LogP contribution in [0.25, 0.3) is 0 Å². The van der Waals surface area contributed by atoms with E-state index in [0.29, 0.717) is 6.42 Å². The van der Waals surface area contributed by atoms with Gasteiger partial charge >= 0.3 is 5.97 Å². The first-order chi connectivity index (χ1) is 10.4. The smallest absolute Gasteiger partial charge is 0.337 e. The van der Waals surface area contributed by atoms with Gasteiger partial charge in [-0.2, -0.15) is 0 Å². The molecule has 0 aliphatic carbocycles. The van der Waals surface area contributed by atoms with Crippen molar-refractivity contribution in [3.63, 3.8) is 0 Å². The molecule has 22 heavy (non-hydrogen) atoms. The zero-order valence-electron chi connectivity index (χ0n) is 12.3. The number of nitrogens with zero attached hydrogens (tertiary/aromatic N) is 2. The van der Waals surface area contributed by atoms with E-state index in [4.69, 9.17) is 4.74 Å². The maximum Gasteiger partial charge on any atom is 0.337 e. The van der Waals surface area contributed by atoms with Crippen molar-refractivity contribution in [1.29, 1.82) is 0 Å². The van der Waals surface area contributed by atoms with Crippen molar-refractivity contribution in [1.82, 2.24) is 9.55 Å². The summed E-state index contributed by atoms with van der Waals surface area (Å²) in [6, 6.07) is 5.86. The van der Waals surface area contributed by atoms with Gasteiger partial charge in [0.25, 0.3) is 0 Å². The summed E-state index contributed by atoms with van der Waals surface area (Å²) in [4.78, 5) is 16.9. The Morgan fingerprint density at radius 1 is 1.36 bits per heavy atom. The number of aromatic nitrogens is 2. The lowest BCUT2D eigenvalue weighted by atomic mass is 9.84. The Kier molecular flexibility index (Phi) is 4.16. The largest absolute Gasteiger partial charge is 0.460 e. The number of hydrogen-bond donors (Lipinski definition) is 0. The minimum Gasteiger partial charge on any atom is -0.460 e. The van der Waals surface area contributed by atoms with Gasteiger partial charge in [-0.05, 0) is 55.5 Å². The number of hydrogen-bond acceptors (Lipinski definition) is 3. The molecule has 1 aliphatic rings. The molecule has 0 spiro atoms. The molecule has 0 amide bonds. The van der Waals surface area contributed by atoms with E-state index in [1.807, 2.05) is 29.0 Å². The fourth-order valence-electron chi connectivity index (χ4n) is 2.86. The molecule has 116 valence electrons. The lowest BCUT2D eigenvalue weighted by molar-refractivity contribution is -0.147. The summed E-state index contributed by atoms with van der Waals surface area (Å²) in [6.07, 6.45) is 5.69. The lowest BCUT2D eigenvalue weighted by Gasteiger charge is -2.27. The van der Waals surface area contributed by atoms with E-state index < -0.39 is 5.54 Å². The van der Waals surface area contributed by atoms with Crippen LogP contribution in [-0.4, -0.2) is 21.6 Å². The van der Waals surface area contributed by atoms with Crippen LogP contribution in [0.5, 0.6) is 0 Å². The van der Waals surface area contributed by atoms with Gasteiger partial charge in [0.2, 0.25) is 0 Å². The predicted molar refractivity (Wildman–Crippen MR) is 90.5 cm³/mol. The second-order valence-corrected chi connectivity index (χ2v) is 7.56. The molecular formula is C16H16Br2N2O2. The van der Waals surface area contributed by atoms with Crippen LogP contribution in [-0.2, 0) is 15.1 Å². The number of carbonyl (C=O) groups is 1. The Bertz CT molecular complexity index is 700. The van der Waals surface area contributed by atoms with E-state index in [1.54, 1.807) is 12.5 Å². The first kappa shape index (κ1) is 15.7. The third-order valence-corrected chi connectivity index (χ3v) is 6.06. The standard InChI is InChI=1S/C16H16Br2N2O2/c1-10(2)14-8-16(15(21)22-14,20-6-5-19-9-20)11-3-4-12(17)13(18)7-11/h3-7,9-10,14H,8H2,1-2H3. The molecule has 2 unspecified atom stereocenters. The van der Waals surface area contributed by atoms with Crippen LogP contribution in [0, 0.1) is 5.92 Å². The minimum absolute atomic E-state index is 0.0997.